The van der Waals surface area contributed by atoms with Gasteiger partial charge in [-0.1, -0.05) is 18.2 Å². The van der Waals surface area contributed by atoms with Crippen molar-refractivity contribution < 1.29 is 31.1 Å². The molecule has 10 heteroatoms. The summed E-state index contributed by atoms with van der Waals surface area (Å²) >= 11 is 0. The fourth-order valence-corrected chi connectivity index (χ4v) is 5.34. The molecule has 1 amide bonds. The smallest absolute Gasteiger partial charge is 0.418 e. The summed E-state index contributed by atoms with van der Waals surface area (Å²) in [5, 5.41) is 2.33. The summed E-state index contributed by atoms with van der Waals surface area (Å²) in [4.78, 5) is 12.7. The van der Waals surface area contributed by atoms with Crippen LogP contribution in [0.1, 0.15) is 24.0 Å². The number of carbonyl (C=O) groups is 1. The van der Waals surface area contributed by atoms with Gasteiger partial charge in [0, 0.05) is 13.1 Å². The van der Waals surface area contributed by atoms with Crippen LogP contribution >= 0.6 is 0 Å². The maximum atomic E-state index is 13.2. The van der Waals surface area contributed by atoms with Gasteiger partial charge in [0.1, 0.15) is 10.6 Å². The lowest BCUT2D eigenvalue weighted by atomic mass is 9.98. The normalized spacial score (nSPS) is 17.9. The van der Waals surface area contributed by atoms with E-state index in [9.17, 15) is 26.4 Å². The SMILES string of the molecule is COc1ccc(C)cc1S(=O)(=O)N1CCC[C@H](C(=O)Nc2ccccc2C(F)(F)F)C1. The lowest BCUT2D eigenvalue weighted by Crippen LogP contribution is -2.43. The van der Waals surface area contributed by atoms with Crippen LogP contribution in [0.4, 0.5) is 18.9 Å². The summed E-state index contributed by atoms with van der Waals surface area (Å²) in [5.41, 5.74) is -0.567. The van der Waals surface area contributed by atoms with Gasteiger partial charge in [0.2, 0.25) is 15.9 Å². The van der Waals surface area contributed by atoms with Crippen LogP contribution in [0.5, 0.6) is 5.75 Å². The Morgan fingerprint density at radius 1 is 1.19 bits per heavy atom. The van der Waals surface area contributed by atoms with E-state index >= 15 is 0 Å². The lowest BCUT2D eigenvalue weighted by molar-refractivity contribution is -0.137. The minimum absolute atomic E-state index is 0.00141. The summed E-state index contributed by atoms with van der Waals surface area (Å²) < 4.78 is 72.4. The van der Waals surface area contributed by atoms with E-state index in [0.29, 0.717) is 12.8 Å². The van der Waals surface area contributed by atoms with E-state index in [2.05, 4.69) is 5.32 Å². The minimum atomic E-state index is -4.62. The lowest BCUT2D eigenvalue weighted by Gasteiger charge is -2.31. The molecule has 1 N–H and O–H groups in total. The number of benzene rings is 2. The summed E-state index contributed by atoms with van der Waals surface area (Å²) in [6.07, 6.45) is -3.84. The van der Waals surface area contributed by atoms with Gasteiger partial charge in [0.05, 0.1) is 24.3 Å². The largest absolute Gasteiger partial charge is 0.495 e. The van der Waals surface area contributed by atoms with Gasteiger partial charge >= 0.3 is 6.18 Å². The Hall–Kier alpha value is -2.59. The van der Waals surface area contributed by atoms with E-state index in [1.165, 1.54) is 35.7 Å². The zero-order valence-electron chi connectivity index (χ0n) is 17.1. The fraction of sp³-hybridized carbons (Fsp3) is 0.381. The molecular weight excluding hydrogens is 433 g/mol. The monoisotopic (exact) mass is 456 g/mol. The van der Waals surface area contributed by atoms with Crippen LogP contribution in [0, 0.1) is 12.8 Å². The van der Waals surface area contributed by atoms with Crippen LogP contribution in [0.2, 0.25) is 0 Å². The number of anilines is 1. The van der Waals surface area contributed by atoms with Crippen LogP contribution in [0.15, 0.2) is 47.4 Å². The Morgan fingerprint density at radius 2 is 1.90 bits per heavy atom. The highest BCUT2D eigenvalue weighted by Gasteiger charge is 2.37. The van der Waals surface area contributed by atoms with Crippen LogP contribution in [-0.4, -0.2) is 38.8 Å². The van der Waals surface area contributed by atoms with Crippen molar-refractivity contribution in [1.82, 2.24) is 4.31 Å². The Morgan fingerprint density at radius 3 is 2.58 bits per heavy atom. The van der Waals surface area contributed by atoms with Gasteiger partial charge in [-0.15, -0.1) is 0 Å². The Labute approximate surface area is 179 Å². The number of ether oxygens (including phenoxy) is 1. The van der Waals surface area contributed by atoms with Crippen LogP contribution < -0.4 is 10.1 Å². The molecule has 168 valence electrons. The highest BCUT2D eigenvalue weighted by molar-refractivity contribution is 7.89. The van der Waals surface area contributed by atoms with Crippen LogP contribution in [0.25, 0.3) is 0 Å². The molecule has 1 heterocycles. The first-order chi connectivity index (χ1) is 14.5. The van der Waals surface area contributed by atoms with Gasteiger partial charge in [0.15, 0.2) is 0 Å². The maximum absolute atomic E-state index is 13.2. The second-order valence-corrected chi connectivity index (χ2v) is 9.30. The average molecular weight is 456 g/mol. The van der Waals surface area contributed by atoms with Crippen molar-refractivity contribution in [2.24, 2.45) is 5.92 Å². The standard InChI is InChI=1S/C21H23F3N2O4S/c1-14-9-10-18(30-2)19(12-14)31(28,29)26-11-5-6-15(13-26)20(27)25-17-8-4-3-7-16(17)21(22,23)24/h3-4,7-10,12,15H,5-6,11,13H2,1-2H3,(H,25,27)/t15-/m0/s1. The molecule has 6 nitrogen and oxygen atoms in total. The molecule has 0 bridgehead atoms. The molecule has 0 spiro atoms. The number of nitrogens with zero attached hydrogens (tertiary/aromatic N) is 1. The van der Waals surface area contributed by atoms with E-state index in [4.69, 9.17) is 4.74 Å². The van der Waals surface area contributed by atoms with Crippen molar-refractivity contribution in [2.75, 3.05) is 25.5 Å². The molecule has 2 aromatic rings. The topological polar surface area (TPSA) is 75.7 Å². The number of methoxy groups -OCH3 is 1. The molecule has 0 saturated carbocycles. The second-order valence-electron chi connectivity index (χ2n) is 7.39. The quantitative estimate of drug-likeness (QED) is 0.736. The summed E-state index contributed by atoms with van der Waals surface area (Å²) in [6, 6.07) is 9.48. The number of para-hydroxylation sites is 1. The molecule has 1 aliphatic rings. The maximum Gasteiger partial charge on any atom is 0.418 e. The molecule has 31 heavy (non-hydrogen) atoms. The van der Waals surface area contributed by atoms with Crippen molar-refractivity contribution in [3.63, 3.8) is 0 Å². The molecule has 0 unspecified atom stereocenters. The van der Waals surface area contributed by atoms with Gasteiger partial charge in [-0.3, -0.25) is 4.79 Å². The van der Waals surface area contributed by atoms with E-state index in [1.54, 1.807) is 19.1 Å². The van der Waals surface area contributed by atoms with Crippen molar-refractivity contribution in [2.45, 2.75) is 30.8 Å². The van der Waals surface area contributed by atoms with Crippen LogP contribution in [-0.2, 0) is 21.0 Å². The third kappa shape index (κ3) is 5.01. The number of alkyl halides is 3. The van der Waals surface area contributed by atoms with Crippen molar-refractivity contribution in [3.05, 3.63) is 53.6 Å². The van der Waals surface area contributed by atoms with Gasteiger partial charge in [-0.2, -0.15) is 17.5 Å². The number of nitrogens with one attached hydrogen (secondary N) is 1. The fourth-order valence-electron chi connectivity index (χ4n) is 3.57. The number of aryl methyl sites for hydroxylation is 1. The number of hydrogen-bond donors (Lipinski definition) is 1. The van der Waals surface area contributed by atoms with E-state index in [-0.39, 0.29) is 29.4 Å². The number of sulfonamides is 1. The summed E-state index contributed by atoms with van der Waals surface area (Å²) in [5.74, 6) is -1.23. The Bertz CT molecular complexity index is 1070. The number of amides is 1. The number of rotatable bonds is 5. The van der Waals surface area contributed by atoms with E-state index < -0.39 is 33.6 Å². The zero-order chi connectivity index (χ0) is 22.8. The predicted molar refractivity (Wildman–Crippen MR) is 109 cm³/mol. The van der Waals surface area contributed by atoms with Crippen molar-refractivity contribution in [1.29, 1.82) is 0 Å². The third-order valence-electron chi connectivity index (χ3n) is 5.18. The molecule has 0 aromatic heterocycles. The van der Waals surface area contributed by atoms with Gasteiger partial charge in [-0.05, 0) is 49.6 Å². The molecule has 0 radical (unpaired) electrons. The van der Waals surface area contributed by atoms with E-state index in [1.807, 2.05) is 0 Å². The molecule has 1 atom stereocenters. The first-order valence-electron chi connectivity index (χ1n) is 9.66. The molecule has 2 aromatic carbocycles. The van der Waals surface area contributed by atoms with E-state index in [0.717, 1.165) is 11.6 Å². The Balaban J connectivity index is 1.81. The van der Waals surface area contributed by atoms with Crippen LogP contribution in [0.3, 0.4) is 0 Å². The molecule has 3 rings (SSSR count). The number of piperidine rings is 1. The number of hydrogen-bond acceptors (Lipinski definition) is 4. The van der Waals surface area contributed by atoms with Crippen molar-refractivity contribution in [3.8, 4) is 5.75 Å². The first kappa shape index (κ1) is 23.1. The van der Waals surface area contributed by atoms with Gasteiger partial charge < -0.3 is 10.1 Å². The highest BCUT2D eigenvalue weighted by atomic mass is 32.2. The highest BCUT2D eigenvalue weighted by Crippen LogP contribution is 2.35. The average Bonchev–Trinajstić information content (AvgIpc) is 2.73. The molecule has 1 fully saturated rings. The Kier molecular flexibility index (Phi) is 6.61. The zero-order valence-corrected chi connectivity index (χ0v) is 17.9. The van der Waals surface area contributed by atoms with Gasteiger partial charge in [-0.25, -0.2) is 8.42 Å². The molecular formula is C21H23F3N2O4S. The minimum Gasteiger partial charge on any atom is -0.495 e. The molecule has 0 aliphatic carbocycles. The molecule has 1 aliphatic heterocycles. The molecule has 1 saturated heterocycles. The predicted octanol–water partition coefficient (Wildman–Crippen LogP) is 4.06. The summed E-state index contributed by atoms with van der Waals surface area (Å²) in [7, 11) is -2.58. The number of carbonyl (C=O) groups excluding carboxylic acids is 1. The van der Waals surface area contributed by atoms with Gasteiger partial charge in [0.25, 0.3) is 0 Å². The number of halogens is 3. The second kappa shape index (κ2) is 8.88. The first-order valence-corrected chi connectivity index (χ1v) is 11.1. The van der Waals surface area contributed by atoms with Crippen molar-refractivity contribution >= 4 is 21.6 Å². The summed E-state index contributed by atoms with van der Waals surface area (Å²) in [6.45, 7) is 1.84. The third-order valence-corrected chi connectivity index (χ3v) is 7.07.